The minimum atomic E-state index is -0.667. The maximum Gasteiger partial charge on any atom is 0.408 e. The zero-order valence-electron chi connectivity index (χ0n) is 18.0. The van der Waals surface area contributed by atoms with Crippen LogP contribution in [0.1, 0.15) is 57.3 Å². The van der Waals surface area contributed by atoms with Crippen molar-refractivity contribution < 1.29 is 18.3 Å². The molecule has 1 aliphatic heterocycles. The number of alkyl carbamates (subject to hydrolysis) is 1. The van der Waals surface area contributed by atoms with Gasteiger partial charge in [-0.15, -0.1) is 0 Å². The standard InChI is InChI=1S/C24H30F2N2O2/c1-16(17-8-6-5-7-9-17)28-13-12-18(15-28)22(27-23(29)30-24(2,3)4)20-11-10-19(25)14-21(20)26/h5-11,14,16,18,22H,12-13,15H2,1-4H3,(H,27,29)/t16-,18-,22?/m1/s1. The summed E-state index contributed by atoms with van der Waals surface area (Å²) in [6.45, 7) is 8.99. The van der Waals surface area contributed by atoms with E-state index in [4.69, 9.17) is 4.74 Å². The Hall–Kier alpha value is -2.47. The first-order valence-corrected chi connectivity index (χ1v) is 10.4. The second-order valence-electron chi connectivity index (χ2n) is 8.92. The van der Waals surface area contributed by atoms with Crippen molar-refractivity contribution in [2.24, 2.45) is 5.92 Å². The van der Waals surface area contributed by atoms with Crippen LogP contribution in [0.3, 0.4) is 0 Å². The molecule has 0 aromatic heterocycles. The van der Waals surface area contributed by atoms with Crippen molar-refractivity contribution in [3.63, 3.8) is 0 Å². The van der Waals surface area contributed by atoms with Gasteiger partial charge >= 0.3 is 6.09 Å². The number of rotatable bonds is 5. The van der Waals surface area contributed by atoms with E-state index in [1.165, 1.54) is 17.7 Å². The van der Waals surface area contributed by atoms with E-state index < -0.39 is 29.4 Å². The molecule has 0 bridgehead atoms. The SMILES string of the molecule is C[C@H](c1ccccc1)N1CC[C@@H](C(NC(=O)OC(C)(C)C)c2ccc(F)cc2F)C1. The normalized spacial score (nSPS) is 19.3. The highest BCUT2D eigenvalue weighted by atomic mass is 19.1. The Balaban J connectivity index is 1.80. The van der Waals surface area contributed by atoms with Crippen molar-refractivity contribution in [2.75, 3.05) is 13.1 Å². The van der Waals surface area contributed by atoms with E-state index in [1.807, 2.05) is 18.2 Å². The molecule has 0 aliphatic carbocycles. The van der Waals surface area contributed by atoms with E-state index >= 15 is 0 Å². The Morgan fingerprint density at radius 2 is 1.87 bits per heavy atom. The van der Waals surface area contributed by atoms with Gasteiger partial charge in [0.15, 0.2) is 0 Å². The number of nitrogens with one attached hydrogen (secondary N) is 1. The van der Waals surface area contributed by atoms with E-state index in [9.17, 15) is 13.6 Å². The van der Waals surface area contributed by atoms with Crippen LogP contribution in [0.5, 0.6) is 0 Å². The quantitative estimate of drug-likeness (QED) is 0.688. The average Bonchev–Trinajstić information content (AvgIpc) is 3.15. The van der Waals surface area contributed by atoms with Crippen LogP contribution in [0.4, 0.5) is 13.6 Å². The van der Waals surface area contributed by atoms with Crippen LogP contribution >= 0.6 is 0 Å². The van der Waals surface area contributed by atoms with Crippen LogP contribution in [0.15, 0.2) is 48.5 Å². The number of carbonyl (C=O) groups excluding carboxylic acids is 1. The molecule has 1 amide bonds. The molecule has 3 rings (SSSR count). The third-order valence-electron chi connectivity index (χ3n) is 5.53. The van der Waals surface area contributed by atoms with E-state index in [2.05, 4.69) is 29.3 Å². The molecule has 30 heavy (non-hydrogen) atoms. The van der Waals surface area contributed by atoms with Gasteiger partial charge in [0.1, 0.15) is 17.2 Å². The summed E-state index contributed by atoms with van der Waals surface area (Å²) in [4.78, 5) is 14.8. The first-order valence-electron chi connectivity index (χ1n) is 10.4. The van der Waals surface area contributed by atoms with Gasteiger partial charge in [0.05, 0.1) is 6.04 Å². The Kier molecular flexibility index (Phi) is 6.76. The number of ether oxygens (including phenoxy) is 1. The van der Waals surface area contributed by atoms with Gasteiger partial charge in [0, 0.05) is 24.2 Å². The maximum absolute atomic E-state index is 14.6. The lowest BCUT2D eigenvalue weighted by Crippen LogP contribution is -2.39. The van der Waals surface area contributed by atoms with Gasteiger partial charge in [-0.25, -0.2) is 13.6 Å². The lowest BCUT2D eigenvalue weighted by atomic mass is 9.91. The van der Waals surface area contributed by atoms with E-state index in [0.29, 0.717) is 6.54 Å². The highest BCUT2D eigenvalue weighted by Gasteiger charge is 2.35. The molecule has 0 radical (unpaired) electrons. The van der Waals surface area contributed by atoms with Gasteiger partial charge in [-0.2, -0.15) is 0 Å². The first kappa shape index (κ1) is 22.2. The zero-order chi connectivity index (χ0) is 21.9. The summed E-state index contributed by atoms with van der Waals surface area (Å²) in [7, 11) is 0. The van der Waals surface area contributed by atoms with Crippen LogP contribution in [0.25, 0.3) is 0 Å². The summed E-state index contributed by atoms with van der Waals surface area (Å²) in [6.07, 6.45) is 0.180. The largest absolute Gasteiger partial charge is 0.444 e. The number of hydrogen-bond acceptors (Lipinski definition) is 3. The Labute approximate surface area is 177 Å². The molecule has 6 heteroatoms. The van der Waals surface area contributed by atoms with Gasteiger partial charge in [0.25, 0.3) is 0 Å². The van der Waals surface area contributed by atoms with Crippen LogP contribution in [-0.2, 0) is 4.74 Å². The zero-order valence-corrected chi connectivity index (χ0v) is 18.0. The first-order chi connectivity index (χ1) is 14.1. The Morgan fingerprint density at radius 1 is 1.17 bits per heavy atom. The van der Waals surface area contributed by atoms with Crippen molar-refractivity contribution >= 4 is 6.09 Å². The molecule has 1 unspecified atom stereocenters. The van der Waals surface area contributed by atoms with Crippen LogP contribution < -0.4 is 5.32 Å². The molecule has 1 N–H and O–H groups in total. The Bertz CT molecular complexity index is 867. The summed E-state index contributed by atoms with van der Waals surface area (Å²) in [5, 5.41) is 2.84. The van der Waals surface area contributed by atoms with Gasteiger partial charge in [0.2, 0.25) is 0 Å². The molecule has 4 nitrogen and oxygen atoms in total. The van der Waals surface area contributed by atoms with Crippen molar-refractivity contribution in [3.8, 4) is 0 Å². The molecular weight excluding hydrogens is 386 g/mol. The monoisotopic (exact) mass is 416 g/mol. The summed E-state index contributed by atoms with van der Waals surface area (Å²) < 4.78 is 33.5. The number of likely N-dealkylation sites (tertiary alicyclic amines) is 1. The number of hydrogen-bond donors (Lipinski definition) is 1. The van der Waals surface area contributed by atoms with Crippen molar-refractivity contribution in [1.29, 1.82) is 0 Å². The number of carbonyl (C=O) groups is 1. The van der Waals surface area contributed by atoms with Crippen molar-refractivity contribution in [3.05, 3.63) is 71.3 Å². The van der Waals surface area contributed by atoms with Crippen molar-refractivity contribution in [1.82, 2.24) is 10.2 Å². The molecule has 1 aliphatic rings. The fourth-order valence-electron chi connectivity index (χ4n) is 4.02. The van der Waals surface area contributed by atoms with Crippen LogP contribution in [-0.4, -0.2) is 29.7 Å². The van der Waals surface area contributed by atoms with Crippen LogP contribution in [0.2, 0.25) is 0 Å². The lowest BCUT2D eigenvalue weighted by molar-refractivity contribution is 0.0483. The van der Waals surface area contributed by atoms with Crippen LogP contribution in [0, 0.1) is 17.6 Å². The van der Waals surface area contributed by atoms with Crippen molar-refractivity contribution in [2.45, 2.75) is 51.8 Å². The molecule has 3 atom stereocenters. The van der Waals surface area contributed by atoms with E-state index in [1.54, 1.807) is 20.8 Å². The van der Waals surface area contributed by atoms with E-state index in [0.717, 1.165) is 19.0 Å². The summed E-state index contributed by atoms with van der Waals surface area (Å²) in [5.41, 5.74) is 0.823. The molecule has 0 saturated carbocycles. The minimum Gasteiger partial charge on any atom is -0.444 e. The topological polar surface area (TPSA) is 41.6 Å². The fraction of sp³-hybridized carbons (Fsp3) is 0.458. The number of halogens is 2. The molecule has 1 heterocycles. The van der Waals surface area contributed by atoms with E-state index in [-0.39, 0.29) is 17.5 Å². The lowest BCUT2D eigenvalue weighted by Gasteiger charge is -2.29. The maximum atomic E-state index is 14.6. The third kappa shape index (κ3) is 5.57. The molecule has 162 valence electrons. The smallest absolute Gasteiger partial charge is 0.408 e. The summed E-state index contributed by atoms with van der Waals surface area (Å²) in [6, 6.07) is 13.3. The summed E-state index contributed by atoms with van der Waals surface area (Å²) >= 11 is 0. The second-order valence-corrected chi connectivity index (χ2v) is 8.92. The predicted octanol–water partition coefficient (Wildman–Crippen LogP) is 5.61. The molecular formula is C24H30F2N2O2. The summed E-state index contributed by atoms with van der Waals surface area (Å²) in [5.74, 6) is -1.33. The third-order valence-corrected chi connectivity index (χ3v) is 5.53. The second kappa shape index (κ2) is 9.13. The molecule has 2 aromatic carbocycles. The number of benzene rings is 2. The molecule has 1 fully saturated rings. The van der Waals surface area contributed by atoms with Gasteiger partial charge < -0.3 is 10.1 Å². The average molecular weight is 417 g/mol. The fourth-order valence-corrected chi connectivity index (χ4v) is 4.02. The highest BCUT2D eigenvalue weighted by Crippen LogP contribution is 2.35. The van der Waals surface area contributed by atoms with Gasteiger partial charge in [-0.3, -0.25) is 4.90 Å². The highest BCUT2D eigenvalue weighted by molar-refractivity contribution is 5.68. The molecule has 1 saturated heterocycles. The number of amides is 1. The minimum absolute atomic E-state index is 0.0244. The Morgan fingerprint density at radius 3 is 2.50 bits per heavy atom. The molecule has 2 aromatic rings. The number of nitrogens with zero attached hydrogens (tertiary/aromatic N) is 1. The van der Waals surface area contributed by atoms with Gasteiger partial charge in [-0.05, 0) is 58.2 Å². The predicted molar refractivity (Wildman–Crippen MR) is 113 cm³/mol. The molecule has 0 spiro atoms. The van der Waals surface area contributed by atoms with Gasteiger partial charge in [-0.1, -0.05) is 36.4 Å².